The van der Waals surface area contributed by atoms with Crippen molar-refractivity contribution >= 4 is 11.9 Å². The van der Waals surface area contributed by atoms with Gasteiger partial charge in [0.15, 0.2) is 0 Å². The smallest absolute Gasteiger partial charge is 0.304 e. The van der Waals surface area contributed by atoms with Crippen molar-refractivity contribution < 1.29 is 14.7 Å². The Kier molecular flexibility index (Phi) is 5.02. The Balaban J connectivity index is 2.01. The number of carbonyl (C=O) groups excluding carboxylic acids is 1. The van der Waals surface area contributed by atoms with Gasteiger partial charge in [-0.25, -0.2) is 0 Å². The van der Waals surface area contributed by atoms with Gasteiger partial charge in [-0.1, -0.05) is 13.8 Å². The summed E-state index contributed by atoms with van der Waals surface area (Å²) in [5.74, 6) is 0.582. The molecule has 1 amide bonds. The van der Waals surface area contributed by atoms with Gasteiger partial charge in [0.25, 0.3) is 0 Å². The Morgan fingerprint density at radius 3 is 2.65 bits per heavy atom. The minimum absolute atomic E-state index is 0.154. The standard InChI is InChI=1S/C15H26N2O3/c1-11(2)13-10-16(8-6-15(19)20)7-5-14(18)17(13)9-12-3-4-12/h11-13H,3-10H2,1-2H3,(H,19,20)/t13-/m1/s1. The van der Waals surface area contributed by atoms with Crippen LogP contribution < -0.4 is 0 Å². The molecule has 114 valence electrons. The highest BCUT2D eigenvalue weighted by atomic mass is 16.4. The van der Waals surface area contributed by atoms with E-state index in [4.69, 9.17) is 5.11 Å². The van der Waals surface area contributed by atoms with Gasteiger partial charge in [0, 0.05) is 38.6 Å². The lowest BCUT2D eigenvalue weighted by atomic mass is 10.0. The highest BCUT2D eigenvalue weighted by Gasteiger charge is 2.35. The molecule has 2 aliphatic rings. The summed E-state index contributed by atoms with van der Waals surface area (Å²) in [5.41, 5.74) is 0. The van der Waals surface area contributed by atoms with E-state index in [1.165, 1.54) is 12.8 Å². The molecule has 0 aromatic rings. The topological polar surface area (TPSA) is 60.9 Å². The summed E-state index contributed by atoms with van der Waals surface area (Å²) in [4.78, 5) is 27.3. The van der Waals surface area contributed by atoms with E-state index in [9.17, 15) is 9.59 Å². The van der Waals surface area contributed by atoms with Crippen molar-refractivity contribution in [2.45, 2.75) is 45.6 Å². The second-order valence-electron chi connectivity index (χ2n) is 6.50. The molecule has 20 heavy (non-hydrogen) atoms. The Bertz CT molecular complexity index is 366. The number of nitrogens with zero attached hydrogens (tertiary/aromatic N) is 2. The summed E-state index contributed by atoms with van der Waals surface area (Å²) in [6.07, 6.45) is 3.17. The predicted octanol–water partition coefficient (Wildman–Crippen LogP) is 1.43. The van der Waals surface area contributed by atoms with E-state index in [2.05, 4.69) is 23.6 Å². The summed E-state index contributed by atoms with van der Waals surface area (Å²) < 4.78 is 0. The Morgan fingerprint density at radius 1 is 1.40 bits per heavy atom. The molecule has 0 aromatic heterocycles. The highest BCUT2D eigenvalue weighted by molar-refractivity contribution is 5.77. The van der Waals surface area contributed by atoms with E-state index in [0.29, 0.717) is 31.3 Å². The van der Waals surface area contributed by atoms with Crippen LogP contribution in [0.1, 0.15) is 39.5 Å². The molecule has 1 saturated carbocycles. The van der Waals surface area contributed by atoms with E-state index in [1.807, 2.05) is 0 Å². The van der Waals surface area contributed by atoms with Crippen molar-refractivity contribution in [1.82, 2.24) is 9.80 Å². The molecule has 2 rings (SSSR count). The maximum absolute atomic E-state index is 12.4. The molecule has 0 aromatic carbocycles. The summed E-state index contributed by atoms with van der Waals surface area (Å²) in [6.45, 7) is 7.24. The van der Waals surface area contributed by atoms with Crippen LogP contribution in [0.3, 0.4) is 0 Å². The number of carboxylic acids is 1. The summed E-state index contributed by atoms with van der Waals surface area (Å²) in [7, 11) is 0. The zero-order valence-electron chi connectivity index (χ0n) is 12.5. The highest BCUT2D eigenvalue weighted by Crippen LogP contribution is 2.32. The molecule has 1 N–H and O–H groups in total. The van der Waals surface area contributed by atoms with E-state index in [0.717, 1.165) is 13.1 Å². The number of hydrogen-bond donors (Lipinski definition) is 1. The molecule has 5 heteroatoms. The molecule has 0 spiro atoms. The Morgan fingerprint density at radius 2 is 2.10 bits per heavy atom. The Hall–Kier alpha value is -1.10. The second-order valence-corrected chi connectivity index (χ2v) is 6.50. The van der Waals surface area contributed by atoms with Crippen LogP contribution in [-0.4, -0.2) is 59.0 Å². The van der Waals surface area contributed by atoms with Gasteiger partial charge in [-0.2, -0.15) is 0 Å². The molecule has 2 fully saturated rings. The van der Waals surface area contributed by atoms with Crippen LogP contribution >= 0.6 is 0 Å². The van der Waals surface area contributed by atoms with Gasteiger partial charge in [-0.3, -0.25) is 9.59 Å². The number of amides is 1. The van der Waals surface area contributed by atoms with E-state index < -0.39 is 5.97 Å². The molecular weight excluding hydrogens is 256 g/mol. The fourth-order valence-corrected chi connectivity index (χ4v) is 2.88. The third-order valence-corrected chi connectivity index (χ3v) is 4.37. The van der Waals surface area contributed by atoms with Gasteiger partial charge in [-0.05, 0) is 24.7 Å². The zero-order chi connectivity index (χ0) is 14.7. The van der Waals surface area contributed by atoms with Crippen LogP contribution in [0.2, 0.25) is 0 Å². The first-order chi connectivity index (χ1) is 9.47. The third kappa shape index (κ3) is 4.20. The zero-order valence-corrected chi connectivity index (χ0v) is 12.5. The number of hydrogen-bond acceptors (Lipinski definition) is 3. The average molecular weight is 282 g/mol. The molecule has 0 bridgehead atoms. The van der Waals surface area contributed by atoms with Crippen molar-refractivity contribution in [3.8, 4) is 0 Å². The maximum atomic E-state index is 12.4. The molecular formula is C15H26N2O3. The Labute approximate surface area is 120 Å². The van der Waals surface area contributed by atoms with Crippen molar-refractivity contribution in [1.29, 1.82) is 0 Å². The average Bonchev–Trinajstić information content (AvgIpc) is 3.18. The minimum atomic E-state index is -0.767. The van der Waals surface area contributed by atoms with Gasteiger partial charge < -0.3 is 14.9 Å². The number of carboxylic acid groups (broad SMARTS) is 1. The lowest BCUT2D eigenvalue weighted by molar-refractivity contribution is -0.137. The number of rotatable bonds is 6. The van der Waals surface area contributed by atoms with Crippen molar-refractivity contribution in [3.63, 3.8) is 0 Å². The number of carbonyl (C=O) groups is 2. The van der Waals surface area contributed by atoms with Crippen molar-refractivity contribution in [3.05, 3.63) is 0 Å². The molecule has 1 heterocycles. The third-order valence-electron chi connectivity index (χ3n) is 4.37. The van der Waals surface area contributed by atoms with Gasteiger partial charge in [-0.15, -0.1) is 0 Å². The van der Waals surface area contributed by atoms with E-state index in [1.54, 1.807) is 0 Å². The van der Waals surface area contributed by atoms with Gasteiger partial charge in [0.1, 0.15) is 0 Å². The molecule has 1 aliphatic carbocycles. The molecule has 1 saturated heterocycles. The van der Waals surface area contributed by atoms with Crippen LogP contribution in [0.5, 0.6) is 0 Å². The molecule has 1 aliphatic heterocycles. The normalized spacial score (nSPS) is 25.1. The first-order valence-corrected chi connectivity index (χ1v) is 7.71. The predicted molar refractivity (Wildman–Crippen MR) is 76.4 cm³/mol. The van der Waals surface area contributed by atoms with Gasteiger partial charge in [0.2, 0.25) is 5.91 Å². The lowest BCUT2D eigenvalue weighted by Gasteiger charge is -2.34. The lowest BCUT2D eigenvalue weighted by Crippen LogP contribution is -2.47. The molecule has 1 atom stereocenters. The van der Waals surface area contributed by atoms with Crippen molar-refractivity contribution in [2.24, 2.45) is 11.8 Å². The summed E-state index contributed by atoms with van der Waals surface area (Å²) in [5, 5.41) is 8.82. The fraction of sp³-hybridized carbons (Fsp3) is 0.867. The van der Waals surface area contributed by atoms with E-state index >= 15 is 0 Å². The van der Waals surface area contributed by atoms with Crippen LogP contribution in [-0.2, 0) is 9.59 Å². The van der Waals surface area contributed by atoms with Crippen LogP contribution in [0.25, 0.3) is 0 Å². The first kappa shape index (κ1) is 15.3. The molecule has 5 nitrogen and oxygen atoms in total. The van der Waals surface area contributed by atoms with E-state index in [-0.39, 0.29) is 18.4 Å². The fourth-order valence-electron chi connectivity index (χ4n) is 2.88. The maximum Gasteiger partial charge on any atom is 0.304 e. The van der Waals surface area contributed by atoms with Crippen molar-refractivity contribution in [2.75, 3.05) is 26.2 Å². The first-order valence-electron chi connectivity index (χ1n) is 7.71. The van der Waals surface area contributed by atoms with Gasteiger partial charge in [0.05, 0.1) is 6.42 Å². The summed E-state index contributed by atoms with van der Waals surface area (Å²) >= 11 is 0. The minimum Gasteiger partial charge on any atom is -0.481 e. The number of aliphatic carboxylic acids is 1. The quantitative estimate of drug-likeness (QED) is 0.800. The van der Waals surface area contributed by atoms with Crippen LogP contribution in [0.15, 0.2) is 0 Å². The molecule has 0 radical (unpaired) electrons. The van der Waals surface area contributed by atoms with Gasteiger partial charge >= 0.3 is 5.97 Å². The monoisotopic (exact) mass is 282 g/mol. The SMILES string of the molecule is CC(C)[C@H]1CN(CCC(=O)O)CCC(=O)N1CC1CC1. The second kappa shape index (κ2) is 6.57. The van der Waals surface area contributed by atoms with Crippen LogP contribution in [0.4, 0.5) is 0 Å². The molecule has 0 unspecified atom stereocenters. The largest absolute Gasteiger partial charge is 0.481 e. The van der Waals surface area contributed by atoms with Crippen LogP contribution in [0, 0.1) is 11.8 Å². The summed E-state index contributed by atoms with van der Waals surface area (Å²) in [6, 6.07) is 0.222.